The third-order valence-electron chi connectivity index (χ3n) is 4.68. The molecule has 3 nitrogen and oxygen atoms in total. The van der Waals surface area contributed by atoms with Gasteiger partial charge in [0.25, 0.3) is 0 Å². The Morgan fingerprint density at radius 2 is 1.05 bits per heavy atom. The first-order valence-corrected chi connectivity index (χ1v) is 8.71. The molecule has 0 spiro atoms. The Bertz CT molecular complexity index is 275. The van der Waals surface area contributed by atoms with Crippen LogP contribution in [-0.4, -0.2) is 39.1 Å². The highest BCUT2D eigenvalue weighted by Gasteiger charge is 2.21. The first kappa shape index (κ1) is 21.9. The molecule has 0 saturated heterocycles. The summed E-state index contributed by atoms with van der Waals surface area (Å²) in [5.74, 6) is 1.09. The molecule has 0 heterocycles. The Labute approximate surface area is 139 Å². The van der Waals surface area contributed by atoms with Crippen LogP contribution in [0, 0.1) is 22.7 Å². The van der Waals surface area contributed by atoms with Gasteiger partial charge in [-0.2, -0.15) is 0 Å². The summed E-state index contributed by atoms with van der Waals surface area (Å²) in [6.45, 7) is 23.5. The van der Waals surface area contributed by atoms with Gasteiger partial charge < -0.3 is 14.2 Å². The number of hydrogen-bond acceptors (Lipinski definition) is 3. The van der Waals surface area contributed by atoms with Gasteiger partial charge in [-0.3, -0.25) is 0 Å². The van der Waals surface area contributed by atoms with Crippen LogP contribution < -0.4 is 0 Å². The highest BCUT2D eigenvalue weighted by Crippen LogP contribution is 2.26. The van der Waals surface area contributed by atoms with Crippen LogP contribution in [-0.2, 0) is 14.2 Å². The monoisotopic (exact) mass is 316 g/mol. The van der Waals surface area contributed by atoms with Crippen molar-refractivity contribution in [2.75, 3.05) is 33.0 Å². The second-order valence-corrected chi connectivity index (χ2v) is 8.83. The van der Waals surface area contributed by atoms with Crippen LogP contribution in [0.2, 0.25) is 0 Å². The molecule has 0 radical (unpaired) electrons. The molecule has 0 saturated carbocycles. The van der Waals surface area contributed by atoms with Crippen LogP contribution in [0.15, 0.2) is 0 Å². The molecule has 134 valence electrons. The van der Waals surface area contributed by atoms with Gasteiger partial charge in [-0.05, 0) is 29.6 Å². The summed E-state index contributed by atoms with van der Waals surface area (Å²) in [6.07, 6.45) is 0.137. The van der Waals surface area contributed by atoms with Crippen molar-refractivity contribution in [3.05, 3.63) is 0 Å². The van der Waals surface area contributed by atoms with Crippen molar-refractivity contribution in [1.29, 1.82) is 0 Å². The number of hydrogen-bond donors (Lipinski definition) is 0. The Morgan fingerprint density at radius 1 is 0.636 bits per heavy atom. The van der Waals surface area contributed by atoms with Gasteiger partial charge >= 0.3 is 0 Å². The standard InChI is InChI=1S/C19H40O3/c1-15(18(4,5)6)12-20-10-11-21-14-17(3)22-13-16(2)19(7,8)9/h15-17H,10-14H2,1-9H3. The molecule has 0 amide bonds. The lowest BCUT2D eigenvalue weighted by Gasteiger charge is -2.28. The Morgan fingerprint density at radius 3 is 1.50 bits per heavy atom. The third-order valence-corrected chi connectivity index (χ3v) is 4.68. The predicted molar refractivity (Wildman–Crippen MR) is 94.3 cm³/mol. The van der Waals surface area contributed by atoms with Gasteiger partial charge in [-0.1, -0.05) is 55.4 Å². The second kappa shape index (κ2) is 9.89. The lowest BCUT2D eigenvalue weighted by atomic mass is 9.83. The molecule has 0 aromatic carbocycles. The smallest absolute Gasteiger partial charge is 0.0780 e. The summed E-state index contributed by atoms with van der Waals surface area (Å²) in [7, 11) is 0. The van der Waals surface area contributed by atoms with Crippen molar-refractivity contribution in [2.24, 2.45) is 22.7 Å². The number of ether oxygens (including phenoxy) is 3. The van der Waals surface area contributed by atoms with Gasteiger partial charge in [0.15, 0.2) is 0 Å². The topological polar surface area (TPSA) is 27.7 Å². The van der Waals surface area contributed by atoms with Crippen molar-refractivity contribution in [1.82, 2.24) is 0 Å². The fourth-order valence-corrected chi connectivity index (χ4v) is 1.48. The largest absolute Gasteiger partial charge is 0.379 e. The first-order chi connectivity index (χ1) is 9.94. The van der Waals surface area contributed by atoms with Gasteiger partial charge in [0.2, 0.25) is 0 Å². The summed E-state index contributed by atoms with van der Waals surface area (Å²) < 4.78 is 17.2. The zero-order chi connectivity index (χ0) is 17.4. The highest BCUT2D eigenvalue weighted by molar-refractivity contribution is 4.70. The van der Waals surface area contributed by atoms with E-state index in [1.165, 1.54) is 0 Å². The lowest BCUT2D eigenvalue weighted by Crippen LogP contribution is -2.27. The third kappa shape index (κ3) is 10.6. The van der Waals surface area contributed by atoms with Gasteiger partial charge in [0.05, 0.1) is 32.5 Å². The van der Waals surface area contributed by atoms with Crippen molar-refractivity contribution in [3.8, 4) is 0 Å². The van der Waals surface area contributed by atoms with Crippen LogP contribution in [0.3, 0.4) is 0 Å². The zero-order valence-electron chi connectivity index (χ0n) is 16.5. The molecular weight excluding hydrogens is 276 g/mol. The minimum Gasteiger partial charge on any atom is -0.379 e. The molecule has 0 fully saturated rings. The van der Waals surface area contributed by atoms with E-state index >= 15 is 0 Å². The molecule has 3 heteroatoms. The average molecular weight is 317 g/mol. The molecule has 0 bridgehead atoms. The maximum Gasteiger partial charge on any atom is 0.0780 e. The van der Waals surface area contributed by atoms with Gasteiger partial charge in [0.1, 0.15) is 0 Å². The van der Waals surface area contributed by atoms with E-state index in [0.29, 0.717) is 37.1 Å². The molecule has 0 aliphatic heterocycles. The SMILES string of the molecule is CC(COCCOCC(C)C(C)(C)C)OCC(C)C(C)(C)C. The van der Waals surface area contributed by atoms with Gasteiger partial charge in [-0.25, -0.2) is 0 Å². The number of rotatable bonds is 10. The van der Waals surface area contributed by atoms with Crippen molar-refractivity contribution in [2.45, 2.75) is 68.4 Å². The van der Waals surface area contributed by atoms with E-state index in [-0.39, 0.29) is 11.5 Å². The van der Waals surface area contributed by atoms with E-state index in [1.807, 2.05) is 0 Å². The van der Waals surface area contributed by atoms with Crippen LogP contribution >= 0.6 is 0 Å². The first-order valence-electron chi connectivity index (χ1n) is 8.71. The van der Waals surface area contributed by atoms with Crippen molar-refractivity contribution >= 4 is 0 Å². The van der Waals surface area contributed by atoms with Gasteiger partial charge in [-0.15, -0.1) is 0 Å². The van der Waals surface area contributed by atoms with E-state index in [4.69, 9.17) is 14.2 Å². The maximum atomic E-state index is 5.85. The van der Waals surface area contributed by atoms with E-state index in [0.717, 1.165) is 13.2 Å². The summed E-state index contributed by atoms with van der Waals surface area (Å²) in [6, 6.07) is 0. The molecule has 0 rings (SSSR count). The van der Waals surface area contributed by atoms with E-state index in [1.54, 1.807) is 0 Å². The van der Waals surface area contributed by atoms with Crippen LogP contribution in [0.25, 0.3) is 0 Å². The Balaban J connectivity index is 3.60. The van der Waals surface area contributed by atoms with E-state index in [9.17, 15) is 0 Å². The Hall–Kier alpha value is -0.120. The average Bonchev–Trinajstić information content (AvgIpc) is 2.37. The molecule has 0 aromatic rings. The lowest BCUT2D eigenvalue weighted by molar-refractivity contribution is -0.0453. The molecule has 3 unspecified atom stereocenters. The summed E-state index contributed by atoms with van der Waals surface area (Å²) in [5.41, 5.74) is 0.588. The van der Waals surface area contributed by atoms with Gasteiger partial charge in [0, 0.05) is 6.61 Å². The maximum absolute atomic E-state index is 5.85. The van der Waals surface area contributed by atoms with E-state index in [2.05, 4.69) is 62.3 Å². The predicted octanol–water partition coefficient (Wildman–Crippen LogP) is 4.79. The summed E-state index contributed by atoms with van der Waals surface area (Å²) in [4.78, 5) is 0. The van der Waals surface area contributed by atoms with Crippen molar-refractivity contribution < 1.29 is 14.2 Å². The molecular formula is C19H40O3. The second-order valence-electron chi connectivity index (χ2n) is 8.83. The quantitative estimate of drug-likeness (QED) is 0.542. The minimum absolute atomic E-state index is 0.137. The van der Waals surface area contributed by atoms with Crippen molar-refractivity contribution in [3.63, 3.8) is 0 Å². The molecule has 0 N–H and O–H groups in total. The molecule has 0 aliphatic rings. The summed E-state index contributed by atoms with van der Waals surface area (Å²) >= 11 is 0. The van der Waals surface area contributed by atoms with Crippen LogP contribution in [0.4, 0.5) is 0 Å². The molecule has 0 aromatic heterocycles. The molecule has 0 aliphatic carbocycles. The fourth-order valence-electron chi connectivity index (χ4n) is 1.48. The Kier molecular flexibility index (Phi) is 9.84. The zero-order valence-corrected chi connectivity index (χ0v) is 16.5. The highest BCUT2D eigenvalue weighted by atomic mass is 16.5. The molecule has 3 atom stereocenters. The van der Waals surface area contributed by atoms with Crippen LogP contribution in [0.1, 0.15) is 62.3 Å². The normalized spacial score (nSPS) is 17.3. The fraction of sp³-hybridized carbons (Fsp3) is 1.00. The summed E-state index contributed by atoms with van der Waals surface area (Å²) in [5, 5.41) is 0. The van der Waals surface area contributed by atoms with Crippen LogP contribution in [0.5, 0.6) is 0 Å². The van der Waals surface area contributed by atoms with E-state index < -0.39 is 0 Å². The molecule has 22 heavy (non-hydrogen) atoms. The minimum atomic E-state index is 0.137.